The van der Waals surface area contributed by atoms with Crippen molar-refractivity contribution in [2.75, 3.05) is 19.7 Å². The first-order valence-electron chi connectivity index (χ1n) is 6.47. The third kappa shape index (κ3) is 10.7. The van der Waals surface area contributed by atoms with Gasteiger partial charge in [0, 0.05) is 13.1 Å². The van der Waals surface area contributed by atoms with Gasteiger partial charge in [0.2, 0.25) is 0 Å². The number of halogens is 3. The molecule has 0 saturated heterocycles. The van der Waals surface area contributed by atoms with Gasteiger partial charge in [-0.25, -0.2) is 4.79 Å². The lowest BCUT2D eigenvalue weighted by atomic mass is 10.2. The zero-order chi connectivity index (χ0) is 17.2. The lowest BCUT2D eigenvalue weighted by molar-refractivity contribution is -0.192. The summed E-state index contributed by atoms with van der Waals surface area (Å²) in [5.41, 5.74) is 2.40. The lowest BCUT2D eigenvalue weighted by Gasteiger charge is -2.07. The topological polar surface area (TPSA) is 58.6 Å². The first-order valence-corrected chi connectivity index (χ1v) is 6.47. The Morgan fingerprint density at radius 2 is 1.82 bits per heavy atom. The van der Waals surface area contributed by atoms with E-state index in [1.54, 1.807) is 0 Å². The summed E-state index contributed by atoms with van der Waals surface area (Å²) >= 11 is 0. The second-order valence-corrected chi connectivity index (χ2v) is 4.60. The minimum Gasteiger partial charge on any atom is -0.492 e. The molecule has 2 N–H and O–H groups in total. The lowest BCUT2D eigenvalue weighted by Crippen LogP contribution is -2.22. The Hall–Kier alpha value is -2.02. The number of hydrogen-bond acceptors (Lipinski definition) is 3. The number of carboxylic acid groups (broad SMARTS) is 1. The molecule has 124 valence electrons. The van der Waals surface area contributed by atoms with Crippen molar-refractivity contribution in [3.8, 4) is 5.75 Å². The highest BCUT2D eigenvalue weighted by Gasteiger charge is 2.38. The van der Waals surface area contributed by atoms with Gasteiger partial charge in [-0.05, 0) is 26.0 Å². The number of carbonyl (C=O) groups is 1. The van der Waals surface area contributed by atoms with Crippen molar-refractivity contribution < 1.29 is 27.8 Å². The normalized spacial score (nSPS) is 10.4. The van der Waals surface area contributed by atoms with Crippen LogP contribution in [0.4, 0.5) is 13.2 Å². The Labute approximate surface area is 127 Å². The van der Waals surface area contributed by atoms with Crippen LogP contribution in [0.2, 0.25) is 0 Å². The molecule has 0 aliphatic carbocycles. The number of hydrogen-bond donors (Lipinski definition) is 2. The molecule has 0 unspecified atom stereocenters. The molecule has 0 aliphatic heterocycles. The van der Waals surface area contributed by atoms with Crippen molar-refractivity contribution >= 4 is 5.97 Å². The maximum atomic E-state index is 10.6. The summed E-state index contributed by atoms with van der Waals surface area (Å²) in [6.07, 6.45) is -5.08. The highest BCUT2D eigenvalue weighted by atomic mass is 19.4. The molecule has 0 radical (unpaired) electrons. The Morgan fingerprint density at radius 1 is 1.32 bits per heavy atom. The van der Waals surface area contributed by atoms with Gasteiger partial charge < -0.3 is 15.2 Å². The zero-order valence-electron chi connectivity index (χ0n) is 12.5. The molecule has 7 heteroatoms. The van der Waals surface area contributed by atoms with Crippen molar-refractivity contribution in [1.82, 2.24) is 5.32 Å². The third-order valence-corrected chi connectivity index (χ3v) is 2.24. The van der Waals surface area contributed by atoms with Crippen LogP contribution in [0, 0.1) is 6.92 Å². The molecule has 0 aromatic heterocycles. The van der Waals surface area contributed by atoms with E-state index < -0.39 is 12.1 Å². The van der Waals surface area contributed by atoms with Gasteiger partial charge in [0.05, 0.1) is 0 Å². The number of benzene rings is 1. The zero-order valence-corrected chi connectivity index (χ0v) is 12.5. The van der Waals surface area contributed by atoms with Gasteiger partial charge in [0.15, 0.2) is 0 Å². The molecule has 0 bridgehead atoms. The van der Waals surface area contributed by atoms with Gasteiger partial charge in [0.25, 0.3) is 0 Å². The average molecular weight is 319 g/mol. The maximum absolute atomic E-state index is 10.6. The predicted molar refractivity (Wildman–Crippen MR) is 78.0 cm³/mol. The van der Waals surface area contributed by atoms with Gasteiger partial charge in [0.1, 0.15) is 12.4 Å². The van der Waals surface area contributed by atoms with E-state index in [-0.39, 0.29) is 0 Å². The van der Waals surface area contributed by atoms with E-state index in [2.05, 4.69) is 31.0 Å². The number of nitrogens with one attached hydrogen (secondary N) is 1. The van der Waals surface area contributed by atoms with E-state index in [0.29, 0.717) is 6.61 Å². The SMILES string of the molecule is C=C(C)CNCCOc1ccc(C)cc1.O=C(O)C(F)(F)F. The van der Waals surface area contributed by atoms with Gasteiger partial charge >= 0.3 is 12.1 Å². The van der Waals surface area contributed by atoms with E-state index in [9.17, 15) is 13.2 Å². The van der Waals surface area contributed by atoms with Crippen LogP contribution in [0.3, 0.4) is 0 Å². The van der Waals surface area contributed by atoms with Crippen LogP contribution in [-0.2, 0) is 4.79 Å². The molecular formula is C15H20F3NO3. The highest BCUT2D eigenvalue weighted by Crippen LogP contribution is 2.13. The minimum absolute atomic E-state index is 0.691. The first-order chi connectivity index (χ1) is 10.1. The molecule has 0 fully saturated rings. The predicted octanol–water partition coefficient (Wildman–Crippen LogP) is 3.17. The maximum Gasteiger partial charge on any atom is 0.490 e. The monoisotopic (exact) mass is 319 g/mol. The molecule has 1 aromatic carbocycles. The van der Waals surface area contributed by atoms with Crippen LogP contribution in [0.1, 0.15) is 12.5 Å². The van der Waals surface area contributed by atoms with E-state index in [4.69, 9.17) is 14.6 Å². The van der Waals surface area contributed by atoms with Crippen LogP contribution < -0.4 is 10.1 Å². The molecule has 0 saturated carbocycles. The van der Waals surface area contributed by atoms with Crippen molar-refractivity contribution in [2.24, 2.45) is 0 Å². The van der Waals surface area contributed by atoms with Crippen molar-refractivity contribution in [3.05, 3.63) is 42.0 Å². The first kappa shape index (κ1) is 20.0. The summed E-state index contributed by atoms with van der Waals surface area (Å²) in [5.74, 6) is -1.83. The summed E-state index contributed by atoms with van der Waals surface area (Å²) in [4.78, 5) is 8.90. The number of aryl methyl sites for hydroxylation is 1. The molecule has 4 nitrogen and oxygen atoms in total. The molecule has 0 atom stereocenters. The summed E-state index contributed by atoms with van der Waals surface area (Å²) in [5, 5.41) is 10.4. The Kier molecular flexibility index (Phi) is 8.93. The largest absolute Gasteiger partial charge is 0.492 e. The fourth-order valence-corrected chi connectivity index (χ4v) is 1.18. The van der Waals surface area contributed by atoms with Gasteiger partial charge in [-0.1, -0.05) is 29.8 Å². The summed E-state index contributed by atoms with van der Waals surface area (Å²) in [6, 6.07) is 8.09. The van der Waals surface area contributed by atoms with Crippen LogP contribution in [0.15, 0.2) is 36.4 Å². The van der Waals surface area contributed by atoms with Crippen molar-refractivity contribution in [3.63, 3.8) is 0 Å². The third-order valence-electron chi connectivity index (χ3n) is 2.24. The quantitative estimate of drug-likeness (QED) is 0.624. The number of aliphatic carboxylic acids is 1. The number of rotatable bonds is 6. The van der Waals surface area contributed by atoms with E-state index >= 15 is 0 Å². The number of ether oxygens (including phenoxy) is 1. The Bertz CT molecular complexity index is 470. The molecule has 0 amide bonds. The molecular weight excluding hydrogens is 299 g/mol. The standard InChI is InChI=1S/C13H19NO.C2HF3O2/c1-11(2)10-14-8-9-15-13-6-4-12(3)5-7-13;3-2(4,5)1(6)7/h4-7,14H,1,8-10H2,2-3H3;(H,6,7). The molecule has 0 spiro atoms. The summed E-state index contributed by atoms with van der Waals surface area (Å²) in [6.45, 7) is 10.3. The molecule has 0 heterocycles. The average Bonchev–Trinajstić information content (AvgIpc) is 2.40. The van der Waals surface area contributed by atoms with Crippen LogP contribution >= 0.6 is 0 Å². The van der Waals surface area contributed by atoms with E-state index in [0.717, 1.165) is 24.4 Å². The Morgan fingerprint density at radius 3 is 2.23 bits per heavy atom. The van der Waals surface area contributed by atoms with Gasteiger partial charge in [-0.3, -0.25) is 0 Å². The molecule has 0 aliphatic rings. The molecule has 22 heavy (non-hydrogen) atoms. The summed E-state index contributed by atoms with van der Waals surface area (Å²) < 4.78 is 37.3. The van der Waals surface area contributed by atoms with Crippen LogP contribution in [0.5, 0.6) is 5.75 Å². The smallest absolute Gasteiger partial charge is 0.490 e. The van der Waals surface area contributed by atoms with Gasteiger partial charge in [-0.15, -0.1) is 0 Å². The van der Waals surface area contributed by atoms with Crippen molar-refractivity contribution in [2.45, 2.75) is 20.0 Å². The molecule has 1 aromatic rings. The van der Waals surface area contributed by atoms with Crippen LogP contribution in [0.25, 0.3) is 0 Å². The van der Waals surface area contributed by atoms with E-state index in [1.165, 1.54) is 5.56 Å². The fourth-order valence-electron chi connectivity index (χ4n) is 1.18. The van der Waals surface area contributed by atoms with Crippen molar-refractivity contribution in [1.29, 1.82) is 0 Å². The number of alkyl halides is 3. The fraction of sp³-hybridized carbons (Fsp3) is 0.400. The van der Waals surface area contributed by atoms with Gasteiger partial charge in [-0.2, -0.15) is 13.2 Å². The van der Waals surface area contributed by atoms with E-state index in [1.807, 2.05) is 19.1 Å². The second-order valence-electron chi connectivity index (χ2n) is 4.60. The second kappa shape index (κ2) is 9.83. The highest BCUT2D eigenvalue weighted by molar-refractivity contribution is 5.73. The summed E-state index contributed by atoms with van der Waals surface area (Å²) in [7, 11) is 0. The minimum atomic E-state index is -5.08. The number of carboxylic acids is 1. The molecule has 1 rings (SSSR count). The Balaban J connectivity index is 0.000000534. The van der Waals surface area contributed by atoms with Crippen LogP contribution in [-0.4, -0.2) is 36.9 Å².